The van der Waals surface area contributed by atoms with E-state index in [2.05, 4.69) is 15.3 Å². The summed E-state index contributed by atoms with van der Waals surface area (Å²) in [6, 6.07) is 6.58. The summed E-state index contributed by atoms with van der Waals surface area (Å²) in [5.41, 5.74) is 3.15. The number of nitrogens with one attached hydrogen (secondary N) is 1. The van der Waals surface area contributed by atoms with E-state index in [1.807, 2.05) is 27.0 Å². The standard InChI is InChI=1S/C15H18FN3S/c1-10-14(8-17-3)11(2)19-15(18-10)9-20-13-6-4-5-12(16)7-13/h4-7,17H,8-9H2,1-3H3. The van der Waals surface area contributed by atoms with Crippen LogP contribution in [-0.2, 0) is 12.3 Å². The molecule has 0 spiro atoms. The molecule has 0 aliphatic carbocycles. The van der Waals surface area contributed by atoms with Crippen LogP contribution in [0.3, 0.4) is 0 Å². The average molecular weight is 291 g/mol. The third kappa shape index (κ3) is 3.77. The van der Waals surface area contributed by atoms with Crippen LogP contribution in [0.4, 0.5) is 4.39 Å². The fourth-order valence-electron chi connectivity index (χ4n) is 2.01. The fraction of sp³-hybridized carbons (Fsp3) is 0.333. The van der Waals surface area contributed by atoms with Gasteiger partial charge in [0.05, 0.1) is 5.75 Å². The molecule has 0 unspecified atom stereocenters. The molecule has 0 atom stereocenters. The van der Waals surface area contributed by atoms with Crippen molar-refractivity contribution in [3.05, 3.63) is 52.9 Å². The minimum absolute atomic E-state index is 0.215. The van der Waals surface area contributed by atoms with E-state index in [0.717, 1.165) is 34.2 Å². The van der Waals surface area contributed by atoms with E-state index in [9.17, 15) is 4.39 Å². The SMILES string of the molecule is CNCc1c(C)nc(CSc2cccc(F)c2)nc1C. The summed E-state index contributed by atoms with van der Waals surface area (Å²) in [6.45, 7) is 4.77. The molecule has 0 aliphatic rings. The van der Waals surface area contributed by atoms with E-state index in [-0.39, 0.29) is 5.82 Å². The summed E-state index contributed by atoms with van der Waals surface area (Å²) >= 11 is 1.54. The van der Waals surface area contributed by atoms with Gasteiger partial charge in [0.2, 0.25) is 0 Å². The second-order valence-electron chi connectivity index (χ2n) is 4.57. The molecule has 1 aromatic carbocycles. The lowest BCUT2D eigenvalue weighted by Gasteiger charge is -2.10. The normalized spacial score (nSPS) is 10.8. The van der Waals surface area contributed by atoms with E-state index in [0.29, 0.717) is 5.75 Å². The van der Waals surface area contributed by atoms with Crippen molar-refractivity contribution in [3.8, 4) is 0 Å². The van der Waals surface area contributed by atoms with Gasteiger partial charge in [0.1, 0.15) is 11.6 Å². The molecule has 2 rings (SSSR count). The number of thioether (sulfide) groups is 1. The van der Waals surface area contributed by atoms with E-state index in [1.165, 1.54) is 12.1 Å². The smallest absolute Gasteiger partial charge is 0.139 e. The van der Waals surface area contributed by atoms with Crippen molar-refractivity contribution in [2.24, 2.45) is 0 Å². The number of hydrogen-bond donors (Lipinski definition) is 1. The molecule has 20 heavy (non-hydrogen) atoms. The van der Waals surface area contributed by atoms with Crippen molar-refractivity contribution >= 4 is 11.8 Å². The number of halogens is 1. The van der Waals surface area contributed by atoms with Crippen LogP contribution in [0, 0.1) is 19.7 Å². The van der Waals surface area contributed by atoms with Gasteiger partial charge in [-0.25, -0.2) is 14.4 Å². The molecule has 2 aromatic rings. The molecule has 5 heteroatoms. The van der Waals surface area contributed by atoms with E-state index < -0.39 is 0 Å². The lowest BCUT2D eigenvalue weighted by molar-refractivity contribution is 0.624. The van der Waals surface area contributed by atoms with Crippen LogP contribution in [0.5, 0.6) is 0 Å². The number of aryl methyl sites for hydroxylation is 2. The van der Waals surface area contributed by atoms with Gasteiger partial charge in [0.25, 0.3) is 0 Å². The number of rotatable bonds is 5. The van der Waals surface area contributed by atoms with Crippen LogP contribution < -0.4 is 5.32 Å². The molecule has 0 fully saturated rings. The highest BCUT2D eigenvalue weighted by Crippen LogP contribution is 2.22. The summed E-state index contributed by atoms with van der Waals surface area (Å²) in [5, 5.41) is 3.12. The third-order valence-electron chi connectivity index (χ3n) is 2.98. The highest BCUT2D eigenvalue weighted by molar-refractivity contribution is 7.98. The molecule has 0 saturated heterocycles. The summed E-state index contributed by atoms with van der Waals surface area (Å²) in [4.78, 5) is 9.94. The van der Waals surface area contributed by atoms with Crippen molar-refractivity contribution in [1.82, 2.24) is 15.3 Å². The van der Waals surface area contributed by atoms with E-state index in [4.69, 9.17) is 0 Å². The highest BCUT2D eigenvalue weighted by Gasteiger charge is 2.08. The minimum atomic E-state index is -0.215. The van der Waals surface area contributed by atoms with Crippen molar-refractivity contribution in [2.75, 3.05) is 7.05 Å². The summed E-state index contributed by atoms with van der Waals surface area (Å²) in [7, 11) is 1.91. The molecule has 0 amide bonds. The Balaban J connectivity index is 2.10. The molecular weight excluding hydrogens is 273 g/mol. The van der Waals surface area contributed by atoms with Gasteiger partial charge in [-0.2, -0.15) is 0 Å². The Morgan fingerprint density at radius 1 is 1.20 bits per heavy atom. The zero-order valence-electron chi connectivity index (χ0n) is 11.9. The Hall–Kier alpha value is -1.46. The summed E-state index contributed by atoms with van der Waals surface area (Å²) < 4.78 is 13.1. The molecular formula is C15H18FN3S. The van der Waals surface area contributed by atoms with E-state index in [1.54, 1.807) is 17.8 Å². The number of hydrogen-bond acceptors (Lipinski definition) is 4. The third-order valence-corrected chi connectivity index (χ3v) is 3.97. The molecule has 0 bridgehead atoms. The second kappa shape index (κ2) is 6.81. The Morgan fingerprint density at radius 2 is 1.90 bits per heavy atom. The van der Waals surface area contributed by atoms with Crippen molar-refractivity contribution < 1.29 is 4.39 Å². The maximum absolute atomic E-state index is 13.1. The van der Waals surface area contributed by atoms with Gasteiger partial charge < -0.3 is 5.32 Å². The van der Waals surface area contributed by atoms with Gasteiger partial charge in [-0.05, 0) is 39.1 Å². The first-order valence-electron chi connectivity index (χ1n) is 6.46. The molecule has 3 nitrogen and oxygen atoms in total. The quantitative estimate of drug-likeness (QED) is 0.858. The molecule has 1 heterocycles. The topological polar surface area (TPSA) is 37.8 Å². The summed E-state index contributed by atoms with van der Waals surface area (Å²) in [5.74, 6) is 1.21. The molecule has 0 aliphatic heterocycles. The van der Waals surface area contributed by atoms with Crippen LogP contribution in [0.25, 0.3) is 0 Å². The average Bonchev–Trinajstić information content (AvgIpc) is 2.41. The molecule has 1 N–H and O–H groups in total. The highest BCUT2D eigenvalue weighted by atomic mass is 32.2. The van der Waals surface area contributed by atoms with Gasteiger partial charge in [-0.15, -0.1) is 11.8 Å². The first-order valence-corrected chi connectivity index (χ1v) is 7.44. The Labute approximate surface area is 123 Å². The van der Waals surface area contributed by atoms with E-state index >= 15 is 0 Å². The van der Waals surface area contributed by atoms with Crippen LogP contribution in [0.2, 0.25) is 0 Å². The second-order valence-corrected chi connectivity index (χ2v) is 5.61. The minimum Gasteiger partial charge on any atom is -0.316 e. The predicted octanol–water partition coefficient (Wildman–Crippen LogP) is 3.24. The predicted molar refractivity (Wildman–Crippen MR) is 80.2 cm³/mol. The summed E-state index contributed by atoms with van der Waals surface area (Å²) in [6.07, 6.45) is 0. The van der Waals surface area contributed by atoms with Gasteiger partial charge in [-0.3, -0.25) is 0 Å². The zero-order chi connectivity index (χ0) is 14.5. The first kappa shape index (κ1) is 14.9. The van der Waals surface area contributed by atoms with Crippen molar-refractivity contribution in [3.63, 3.8) is 0 Å². The first-order chi connectivity index (χ1) is 9.60. The van der Waals surface area contributed by atoms with Crippen LogP contribution in [0.15, 0.2) is 29.2 Å². The zero-order valence-corrected chi connectivity index (χ0v) is 12.7. The number of benzene rings is 1. The molecule has 106 valence electrons. The lowest BCUT2D eigenvalue weighted by Crippen LogP contribution is -2.12. The largest absolute Gasteiger partial charge is 0.316 e. The fourth-order valence-corrected chi connectivity index (χ4v) is 2.81. The van der Waals surface area contributed by atoms with Gasteiger partial charge >= 0.3 is 0 Å². The monoisotopic (exact) mass is 291 g/mol. The van der Waals surface area contributed by atoms with Crippen LogP contribution >= 0.6 is 11.8 Å². The molecule has 0 radical (unpaired) electrons. The Bertz CT molecular complexity index is 578. The van der Waals surface area contributed by atoms with Gasteiger partial charge in [-0.1, -0.05) is 6.07 Å². The molecule has 0 saturated carbocycles. The maximum Gasteiger partial charge on any atom is 0.139 e. The van der Waals surface area contributed by atoms with Crippen LogP contribution in [-0.4, -0.2) is 17.0 Å². The van der Waals surface area contributed by atoms with Gasteiger partial charge in [0, 0.05) is 28.4 Å². The Kier molecular flexibility index (Phi) is 5.09. The number of aromatic nitrogens is 2. The van der Waals surface area contributed by atoms with Crippen molar-refractivity contribution in [2.45, 2.75) is 31.0 Å². The lowest BCUT2D eigenvalue weighted by atomic mass is 10.1. The maximum atomic E-state index is 13.1. The van der Waals surface area contributed by atoms with Crippen LogP contribution in [0.1, 0.15) is 22.8 Å². The van der Waals surface area contributed by atoms with Crippen molar-refractivity contribution in [1.29, 1.82) is 0 Å². The molecule has 1 aromatic heterocycles. The number of nitrogens with zero attached hydrogens (tertiary/aromatic N) is 2. The van der Waals surface area contributed by atoms with Gasteiger partial charge in [0.15, 0.2) is 0 Å². The Morgan fingerprint density at radius 3 is 2.50 bits per heavy atom.